The van der Waals surface area contributed by atoms with E-state index in [1.54, 1.807) is 7.11 Å². The van der Waals surface area contributed by atoms with E-state index in [1.165, 1.54) is 24.8 Å². The van der Waals surface area contributed by atoms with Crippen LogP contribution in [0.1, 0.15) is 58.9 Å². The molecule has 0 aromatic heterocycles. The molecule has 2 atom stereocenters. The topological polar surface area (TPSA) is 30.5 Å². The van der Waals surface area contributed by atoms with Gasteiger partial charge in [0, 0.05) is 13.2 Å². The van der Waals surface area contributed by atoms with Gasteiger partial charge in [-0.1, -0.05) is 32.9 Å². The minimum Gasteiger partial charge on any atom is -0.497 e. The van der Waals surface area contributed by atoms with Crippen LogP contribution in [0.15, 0.2) is 24.3 Å². The number of nitrogens with one attached hydrogen (secondary N) is 1. The van der Waals surface area contributed by atoms with Crippen molar-refractivity contribution in [1.29, 1.82) is 0 Å². The number of ether oxygens (including phenoxy) is 2. The van der Waals surface area contributed by atoms with Gasteiger partial charge in [0.2, 0.25) is 0 Å². The number of rotatable bonds is 8. The molecule has 1 aliphatic rings. The van der Waals surface area contributed by atoms with E-state index in [1.807, 2.05) is 12.1 Å². The quantitative estimate of drug-likeness (QED) is 0.693. The number of hydrogen-bond donors (Lipinski definition) is 1. The Kier molecular flexibility index (Phi) is 6.70. The SMILES string of the molecule is CC[C@@]1(C)C[C@@](CCNCc2ccc(OC)cc2)(C(C)C)CCO1. The lowest BCUT2D eigenvalue weighted by molar-refractivity contribution is -0.132. The normalized spacial score (nSPS) is 27.4. The molecular weight excluding hydrogens is 298 g/mol. The first-order chi connectivity index (χ1) is 11.4. The highest BCUT2D eigenvalue weighted by molar-refractivity contribution is 5.26. The average molecular weight is 334 g/mol. The molecule has 0 saturated carbocycles. The van der Waals surface area contributed by atoms with E-state index < -0.39 is 0 Å². The van der Waals surface area contributed by atoms with Crippen LogP contribution in [0.5, 0.6) is 5.75 Å². The maximum Gasteiger partial charge on any atom is 0.118 e. The number of hydrogen-bond acceptors (Lipinski definition) is 3. The van der Waals surface area contributed by atoms with Crippen molar-refractivity contribution in [2.45, 2.75) is 65.5 Å². The fraction of sp³-hybridized carbons (Fsp3) is 0.714. The Bertz CT molecular complexity index is 499. The Balaban J connectivity index is 1.87. The highest BCUT2D eigenvalue weighted by atomic mass is 16.5. The van der Waals surface area contributed by atoms with Crippen LogP contribution in [0.25, 0.3) is 0 Å². The molecule has 0 aliphatic carbocycles. The second-order valence-electron chi connectivity index (χ2n) is 7.87. The third-order valence-electron chi connectivity index (χ3n) is 6.04. The van der Waals surface area contributed by atoms with Crippen molar-refractivity contribution in [2.24, 2.45) is 11.3 Å². The molecule has 1 aromatic carbocycles. The molecule has 1 heterocycles. The van der Waals surface area contributed by atoms with Crippen LogP contribution in [0.2, 0.25) is 0 Å². The minimum absolute atomic E-state index is 0.0541. The summed E-state index contributed by atoms with van der Waals surface area (Å²) in [5.74, 6) is 1.61. The molecule has 136 valence electrons. The average Bonchev–Trinajstić information content (AvgIpc) is 2.59. The van der Waals surface area contributed by atoms with Crippen molar-refractivity contribution >= 4 is 0 Å². The van der Waals surface area contributed by atoms with Crippen molar-refractivity contribution in [2.75, 3.05) is 20.3 Å². The molecule has 0 spiro atoms. The van der Waals surface area contributed by atoms with E-state index in [0.29, 0.717) is 11.3 Å². The van der Waals surface area contributed by atoms with Gasteiger partial charge in [-0.2, -0.15) is 0 Å². The second kappa shape index (κ2) is 8.35. The standard InChI is InChI=1S/C21H35NO2/c1-6-20(4)16-21(17(2)3,12-14-24-20)11-13-22-15-18-7-9-19(23-5)10-8-18/h7-10,17,22H,6,11-16H2,1-5H3/t20-,21-/m0/s1. The first kappa shape index (κ1) is 19.3. The van der Waals surface area contributed by atoms with Crippen LogP contribution in [-0.4, -0.2) is 25.9 Å². The van der Waals surface area contributed by atoms with Gasteiger partial charge in [-0.3, -0.25) is 0 Å². The van der Waals surface area contributed by atoms with Crippen LogP contribution < -0.4 is 10.1 Å². The highest BCUT2D eigenvalue weighted by Crippen LogP contribution is 2.47. The molecule has 0 radical (unpaired) electrons. The summed E-state index contributed by atoms with van der Waals surface area (Å²) >= 11 is 0. The molecule has 1 aromatic rings. The molecule has 24 heavy (non-hydrogen) atoms. The van der Waals surface area contributed by atoms with E-state index in [0.717, 1.165) is 31.9 Å². The van der Waals surface area contributed by atoms with Crippen LogP contribution in [0.3, 0.4) is 0 Å². The summed E-state index contributed by atoms with van der Waals surface area (Å²) in [5.41, 5.74) is 1.76. The highest BCUT2D eigenvalue weighted by Gasteiger charge is 2.43. The van der Waals surface area contributed by atoms with E-state index in [4.69, 9.17) is 9.47 Å². The lowest BCUT2D eigenvalue weighted by atomic mass is 9.64. The zero-order valence-electron chi connectivity index (χ0n) is 16.2. The van der Waals surface area contributed by atoms with Gasteiger partial charge < -0.3 is 14.8 Å². The second-order valence-corrected chi connectivity index (χ2v) is 7.87. The summed E-state index contributed by atoms with van der Waals surface area (Å²) in [5, 5.41) is 3.63. The molecule has 3 nitrogen and oxygen atoms in total. The summed E-state index contributed by atoms with van der Waals surface area (Å²) in [7, 11) is 1.70. The van der Waals surface area contributed by atoms with E-state index in [-0.39, 0.29) is 5.60 Å². The monoisotopic (exact) mass is 333 g/mol. The van der Waals surface area contributed by atoms with Crippen LogP contribution >= 0.6 is 0 Å². The Morgan fingerprint density at radius 2 is 1.96 bits per heavy atom. The smallest absolute Gasteiger partial charge is 0.118 e. The summed E-state index contributed by atoms with van der Waals surface area (Å²) < 4.78 is 11.3. The van der Waals surface area contributed by atoms with Gasteiger partial charge in [0.25, 0.3) is 0 Å². The van der Waals surface area contributed by atoms with Gasteiger partial charge in [-0.25, -0.2) is 0 Å². The molecule has 1 saturated heterocycles. The van der Waals surface area contributed by atoms with Crippen molar-refractivity contribution in [3.05, 3.63) is 29.8 Å². The Morgan fingerprint density at radius 1 is 1.25 bits per heavy atom. The zero-order chi connectivity index (χ0) is 17.6. The molecule has 0 unspecified atom stereocenters. The van der Waals surface area contributed by atoms with Crippen LogP contribution in [0.4, 0.5) is 0 Å². The van der Waals surface area contributed by atoms with E-state index >= 15 is 0 Å². The predicted molar refractivity (Wildman–Crippen MR) is 100 cm³/mol. The van der Waals surface area contributed by atoms with Crippen molar-refractivity contribution in [3.63, 3.8) is 0 Å². The van der Waals surface area contributed by atoms with E-state index in [2.05, 4.69) is 45.1 Å². The predicted octanol–water partition coefficient (Wildman–Crippen LogP) is 4.80. The van der Waals surface area contributed by atoms with Gasteiger partial charge in [0.05, 0.1) is 12.7 Å². The molecule has 1 fully saturated rings. The minimum atomic E-state index is 0.0541. The summed E-state index contributed by atoms with van der Waals surface area (Å²) in [6.07, 6.45) is 4.68. The molecule has 2 rings (SSSR count). The third-order valence-corrected chi connectivity index (χ3v) is 6.04. The van der Waals surface area contributed by atoms with Gasteiger partial charge in [0.15, 0.2) is 0 Å². The lowest BCUT2D eigenvalue weighted by Crippen LogP contribution is -2.46. The first-order valence-electron chi connectivity index (χ1n) is 9.41. The molecule has 0 bridgehead atoms. The first-order valence-corrected chi connectivity index (χ1v) is 9.41. The molecule has 1 aliphatic heterocycles. The molecule has 3 heteroatoms. The number of benzene rings is 1. The lowest BCUT2D eigenvalue weighted by Gasteiger charge is -2.49. The zero-order valence-corrected chi connectivity index (χ0v) is 16.2. The molecule has 0 amide bonds. The van der Waals surface area contributed by atoms with Gasteiger partial charge in [-0.15, -0.1) is 0 Å². The van der Waals surface area contributed by atoms with Gasteiger partial charge in [0.1, 0.15) is 5.75 Å². The van der Waals surface area contributed by atoms with Crippen molar-refractivity contribution in [3.8, 4) is 5.75 Å². The van der Waals surface area contributed by atoms with Crippen molar-refractivity contribution < 1.29 is 9.47 Å². The van der Waals surface area contributed by atoms with Gasteiger partial charge in [-0.05, 0) is 68.2 Å². The van der Waals surface area contributed by atoms with E-state index in [9.17, 15) is 0 Å². The maximum absolute atomic E-state index is 6.09. The summed E-state index contributed by atoms with van der Waals surface area (Å²) in [6, 6.07) is 8.31. The summed E-state index contributed by atoms with van der Waals surface area (Å²) in [4.78, 5) is 0. The molecular formula is C21H35NO2. The Morgan fingerprint density at radius 3 is 2.54 bits per heavy atom. The number of methoxy groups -OCH3 is 1. The molecule has 1 N–H and O–H groups in total. The summed E-state index contributed by atoms with van der Waals surface area (Å²) in [6.45, 7) is 12.2. The maximum atomic E-state index is 6.09. The Labute approximate surface area is 148 Å². The van der Waals surface area contributed by atoms with Crippen LogP contribution in [0, 0.1) is 11.3 Å². The van der Waals surface area contributed by atoms with Crippen molar-refractivity contribution in [1.82, 2.24) is 5.32 Å². The van der Waals surface area contributed by atoms with Crippen LogP contribution in [-0.2, 0) is 11.3 Å². The fourth-order valence-corrected chi connectivity index (χ4v) is 3.92. The third kappa shape index (κ3) is 4.73. The Hall–Kier alpha value is -1.06. The van der Waals surface area contributed by atoms with Gasteiger partial charge >= 0.3 is 0 Å². The largest absolute Gasteiger partial charge is 0.497 e. The fourth-order valence-electron chi connectivity index (χ4n) is 3.92.